The van der Waals surface area contributed by atoms with E-state index in [4.69, 9.17) is 15.2 Å². The quantitative estimate of drug-likeness (QED) is 0.290. The Morgan fingerprint density at radius 2 is 1.68 bits per heavy atom. The normalized spacial score (nSPS) is 13.4. The maximum atomic E-state index is 13.3. The minimum atomic E-state index is -0.700. The van der Waals surface area contributed by atoms with Crippen LogP contribution in [0, 0.1) is 0 Å². The predicted molar refractivity (Wildman–Crippen MR) is 140 cm³/mol. The molecule has 0 radical (unpaired) electrons. The second-order valence-electron chi connectivity index (χ2n) is 9.46. The van der Waals surface area contributed by atoms with Crippen LogP contribution >= 0.6 is 0 Å². The van der Waals surface area contributed by atoms with Gasteiger partial charge in [-0.1, -0.05) is 19.4 Å². The maximum absolute atomic E-state index is 13.3. The van der Waals surface area contributed by atoms with Gasteiger partial charge in [-0.2, -0.15) is 0 Å². The van der Waals surface area contributed by atoms with Gasteiger partial charge in [-0.05, 0) is 92.1 Å². The first kappa shape index (κ1) is 26.1. The van der Waals surface area contributed by atoms with E-state index in [1.54, 1.807) is 30.3 Å². The maximum Gasteiger partial charge on any atom is 0.252 e. The molecule has 1 aliphatic carbocycles. The zero-order valence-electron chi connectivity index (χ0n) is 21.0. The Bertz CT molecular complexity index is 1280. The second kappa shape index (κ2) is 11.8. The van der Waals surface area contributed by atoms with Crippen molar-refractivity contribution in [3.63, 3.8) is 0 Å². The Morgan fingerprint density at radius 1 is 0.946 bits per heavy atom. The zero-order valence-corrected chi connectivity index (χ0v) is 21.0. The molecule has 0 atom stereocenters. The number of unbranched alkanes of at least 4 members (excludes halogenated alkanes) is 1. The molecule has 3 aromatic carbocycles. The number of carbonyl (C=O) groups is 2. The van der Waals surface area contributed by atoms with Crippen molar-refractivity contribution in [1.29, 1.82) is 0 Å². The summed E-state index contributed by atoms with van der Waals surface area (Å²) in [4.78, 5) is 24.6. The number of aromatic hydroxyl groups is 2. The van der Waals surface area contributed by atoms with E-state index in [2.05, 4.69) is 6.92 Å². The molecule has 0 saturated heterocycles. The van der Waals surface area contributed by atoms with E-state index in [-0.39, 0.29) is 41.1 Å². The summed E-state index contributed by atoms with van der Waals surface area (Å²) >= 11 is 0. The topological polar surface area (TPSA) is 119 Å². The second-order valence-corrected chi connectivity index (χ2v) is 9.46. The molecule has 1 fully saturated rings. The van der Waals surface area contributed by atoms with Crippen molar-refractivity contribution in [3.05, 3.63) is 82.4 Å². The molecule has 1 aliphatic rings. The standard InChI is InChI=1S/C30H33NO6/c1-2-3-6-20-16-21(10-14-28(20)36-18-19-9-12-25(30(31)35)26(32)15-19)29(34)24-13-11-23(17-27(24)33)37-22-7-4-5-8-22/h9-17,22,32-33H,2-8,18H2,1H3,(H2,31,35). The lowest BCUT2D eigenvalue weighted by atomic mass is 9.98. The van der Waals surface area contributed by atoms with Gasteiger partial charge in [-0.25, -0.2) is 0 Å². The summed E-state index contributed by atoms with van der Waals surface area (Å²) in [5, 5.41) is 20.6. The number of phenols is 2. The Hall–Kier alpha value is -4.00. The number of carbonyl (C=O) groups excluding carboxylic acids is 2. The molecule has 0 aromatic heterocycles. The smallest absolute Gasteiger partial charge is 0.252 e. The molecule has 4 rings (SSSR count). The number of hydrogen-bond donors (Lipinski definition) is 3. The summed E-state index contributed by atoms with van der Waals surface area (Å²) in [6.45, 7) is 2.26. The van der Waals surface area contributed by atoms with Gasteiger partial charge in [0.15, 0.2) is 5.78 Å². The van der Waals surface area contributed by atoms with Crippen molar-refractivity contribution in [3.8, 4) is 23.0 Å². The first-order valence-electron chi connectivity index (χ1n) is 12.8. The van der Waals surface area contributed by atoms with Crippen LogP contribution in [0.1, 0.15) is 82.9 Å². The van der Waals surface area contributed by atoms with Crippen LogP contribution in [0.4, 0.5) is 0 Å². The molecule has 37 heavy (non-hydrogen) atoms. The van der Waals surface area contributed by atoms with Crippen LogP contribution in [0.3, 0.4) is 0 Å². The lowest BCUT2D eigenvalue weighted by Gasteiger charge is -2.15. The van der Waals surface area contributed by atoms with Crippen LogP contribution < -0.4 is 15.2 Å². The molecule has 194 valence electrons. The van der Waals surface area contributed by atoms with Crippen LogP contribution in [-0.2, 0) is 13.0 Å². The molecule has 7 nitrogen and oxygen atoms in total. The van der Waals surface area contributed by atoms with Crippen molar-refractivity contribution >= 4 is 11.7 Å². The summed E-state index contributed by atoms with van der Waals surface area (Å²) in [6.07, 6.45) is 7.10. The van der Waals surface area contributed by atoms with Gasteiger partial charge in [0.05, 0.1) is 17.2 Å². The van der Waals surface area contributed by atoms with E-state index < -0.39 is 5.91 Å². The highest BCUT2D eigenvalue weighted by Crippen LogP contribution is 2.31. The van der Waals surface area contributed by atoms with Gasteiger partial charge in [0, 0.05) is 11.6 Å². The highest BCUT2D eigenvalue weighted by atomic mass is 16.5. The third-order valence-electron chi connectivity index (χ3n) is 6.66. The molecular weight excluding hydrogens is 470 g/mol. The Labute approximate surface area is 216 Å². The van der Waals surface area contributed by atoms with Gasteiger partial charge in [-0.3, -0.25) is 9.59 Å². The highest BCUT2D eigenvalue weighted by molar-refractivity contribution is 6.11. The number of primary amides is 1. The monoisotopic (exact) mass is 503 g/mol. The average Bonchev–Trinajstić information content (AvgIpc) is 3.39. The van der Waals surface area contributed by atoms with Crippen LogP contribution in [0.15, 0.2) is 54.6 Å². The van der Waals surface area contributed by atoms with E-state index in [0.717, 1.165) is 50.5 Å². The minimum absolute atomic E-state index is 0.0524. The molecule has 7 heteroatoms. The average molecular weight is 504 g/mol. The number of aryl methyl sites for hydroxylation is 1. The van der Waals surface area contributed by atoms with Gasteiger partial charge >= 0.3 is 0 Å². The van der Waals surface area contributed by atoms with Crippen molar-refractivity contribution < 1.29 is 29.3 Å². The molecule has 0 aliphatic heterocycles. The van der Waals surface area contributed by atoms with Gasteiger partial charge in [0.1, 0.15) is 29.6 Å². The third kappa shape index (κ3) is 6.42. The lowest BCUT2D eigenvalue weighted by Crippen LogP contribution is -2.11. The number of hydrogen-bond acceptors (Lipinski definition) is 6. The van der Waals surface area contributed by atoms with Crippen LogP contribution in [0.25, 0.3) is 0 Å². The molecule has 0 unspecified atom stereocenters. The van der Waals surface area contributed by atoms with Crippen molar-refractivity contribution in [1.82, 2.24) is 0 Å². The molecule has 3 aromatic rings. The molecule has 1 amide bonds. The number of ketones is 1. The van der Waals surface area contributed by atoms with Crippen molar-refractivity contribution in [2.24, 2.45) is 5.73 Å². The number of nitrogens with two attached hydrogens (primary N) is 1. The largest absolute Gasteiger partial charge is 0.507 e. The minimum Gasteiger partial charge on any atom is -0.507 e. The van der Waals surface area contributed by atoms with E-state index in [1.165, 1.54) is 18.2 Å². The lowest BCUT2D eigenvalue weighted by molar-refractivity contribution is 0.0995. The van der Waals surface area contributed by atoms with Gasteiger partial charge in [0.2, 0.25) is 0 Å². The third-order valence-corrected chi connectivity index (χ3v) is 6.66. The molecule has 0 heterocycles. The molecular formula is C30H33NO6. The predicted octanol–water partition coefficient (Wildman–Crippen LogP) is 5.67. The zero-order chi connectivity index (χ0) is 26.4. The Morgan fingerprint density at radius 3 is 2.35 bits per heavy atom. The van der Waals surface area contributed by atoms with E-state index in [9.17, 15) is 19.8 Å². The number of rotatable bonds is 11. The summed E-state index contributed by atoms with van der Waals surface area (Å²) in [5.41, 5.74) is 7.54. The van der Waals surface area contributed by atoms with E-state index >= 15 is 0 Å². The summed E-state index contributed by atoms with van der Waals surface area (Å²) < 4.78 is 12.0. The number of amides is 1. The van der Waals surface area contributed by atoms with Crippen LogP contribution in [0.5, 0.6) is 23.0 Å². The first-order valence-corrected chi connectivity index (χ1v) is 12.8. The van der Waals surface area contributed by atoms with Gasteiger partial charge in [-0.15, -0.1) is 0 Å². The van der Waals surface area contributed by atoms with E-state index in [1.807, 2.05) is 6.07 Å². The summed E-state index contributed by atoms with van der Waals surface area (Å²) in [7, 11) is 0. The Kier molecular flexibility index (Phi) is 8.33. The molecule has 1 saturated carbocycles. The number of ether oxygens (including phenoxy) is 2. The van der Waals surface area contributed by atoms with Crippen molar-refractivity contribution in [2.45, 2.75) is 64.6 Å². The fourth-order valence-electron chi connectivity index (χ4n) is 4.59. The summed E-state index contributed by atoms with van der Waals surface area (Å²) in [5.74, 6) is -0.0677. The van der Waals surface area contributed by atoms with Crippen molar-refractivity contribution in [2.75, 3.05) is 0 Å². The fraction of sp³-hybridized carbons (Fsp3) is 0.333. The van der Waals surface area contributed by atoms with Crippen LogP contribution in [0.2, 0.25) is 0 Å². The van der Waals surface area contributed by atoms with E-state index in [0.29, 0.717) is 22.6 Å². The molecule has 4 N–H and O–H groups in total. The Balaban J connectivity index is 1.51. The SMILES string of the molecule is CCCCc1cc(C(=O)c2ccc(OC3CCCC3)cc2O)ccc1OCc1ccc(C(N)=O)c(O)c1. The number of benzene rings is 3. The van der Waals surface area contributed by atoms with Gasteiger partial charge < -0.3 is 25.4 Å². The van der Waals surface area contributed by atoms with Gasteiger partial charge in [0.25, 0.3) is 5.91 Å². The first-order chi connectivity index (χ1) is 17.9. The van der Waals surface area contributed by atoms with Crippen LogP contribution in [-0.4, -0.2) is 28.0 Å². The number of phenolic OH excluding ortho intramolecular Hbond substituents is 1. The molecule has 0 spiro atoms. The highest BCUT2D eigenvalue weighted by Gasteiger charge is 2.20. The summed E-state index contributed by atoms with van der Waals surface area (Å²) in [6, 6.07) is 14.7. The molecule has 0 bridgehead atoms. The fourth-order valence-corrected chi connectivity index (χ4v) is 4.59.